The Morgan fingerprint density at radius 2 is 2.22 bits per heavy atom. The number of cyclic esters (lactones) is 1. The Hall–Kier alpha value is -1.59. The summed E-state index contributed by atoms with van der Waals surface area (Å²) < 4.78 is 4.78. The molecule has 1 saturated heterocycles. The molecule has 0 bridgehead atoms. The highest BCUT2D eigenvalue weighted by atomic mass is 35.5. The number of hydrogen-bond donors (Lipinski definition) is 2. The molecule has 18 heavy (non-hydrogen) atoms. The number of hydrogen-bond acceptors (Lipinski definition) is 4. The Kier molecular flexibility index (Phi) is 4.17. The SMILES string of the molecule is O=C(CNC1CCOC1=O)Nc1ccccc1Cl. The molecule has 1 aromatic rings. The van der Waals surface area contributed by atoms with Crippen LogP contribution >= 0.6 is 11.6 Å². The molecule has 2 rings (SSSR count). The molecule has 1 heterocycles. The van der Waals surface area contributed by atoms with E-state index in [1.54, 1.807) is 24.3 Å². The second-order valence-corrected chi connectivity index (χ2v) is 4.32. The highest BCUT2D eigenvalue weighted by Crippen LogP contribution is 2.20. The third-order valence-corrected chi connectivity index (χ3v) is 2.92. The van der Waals surface area contributed by atoms with Gasteiger partial charge in [-0.15, -0.1) is 0 Å². The van der Waals surface area contributed by atoms with Crippen LogP contribution in [0.25, 0.3) is 0 Å². The van der Waals surface area contributed by atoms with E-state index in [1.807, 2.05) is 0 Å². The monoisotopic (exact) mass is 268 g/mol. The van der Waals surface area contributed by atoms with Gasteiger partial charge in [0.05, 0.1) is 23.9 Å². The molecule has 1 aliphatic heterocycles. The molecule has 2 N–H and O–H groups in total. The van der Waals surface area contributed by atoms with Crippen molar-refractivity contribution in [3.05, 3.63) is 29.3 Å². The maximum absolute atomic E-state index is 11.6. The molecule has 1 unspecified atom stereocenters. The maximum Gasteiger partial charge on any atom is 0.323 e. The fourth-order valence-corrected chi connectivity index (χ4v) is 1.84. The zero-order valence-corrected chi connectivity index (χ0v) is 10.4. The molecule has 6 heteroatoms. The van der Waals surface area contributed by atoms with Crippen molar-refractivity contribution in [2.45, 2.75) is 12.5 Å². The average Bonchev–Trinajstić information content (AvgIpc) is 2.75. The standard InChI is InChI=1S/C12H13ClN2O3/c13-8-3-1-2-4-9(8)15-11(16)7-14-10-5-6-18-12(10)17/h1-4,10,14H,5-7H2,(H,15,16). The first-order valence-corrected chi connectivity index (χ1v) is 5.99. The normalized spacial score (nSPS) is 18.5. The molecule has 1 atom stereocenters. The van der Waals surface area contributed by atoms with Crippen molar-refractivity contribution in [2.24, 2.45) is 0 Å². The van der Waals surface area contributed by atoms with Gasteiger partial charge in [0.25, 0.3) is 0 Å². The average molecular weight is 269 g/mol. The highest BCUT2D eigenvalue weighted by molar-refractivity contribution is 6.33. The summed E-state index contributed by atoms with van der Waals surface area (Å²) in [5.41, 5.74) is 0.556. The van der Waals surface area contributed by atoms with Gasteiger partial charge in [0.1, 0.15) is 6.04 Å². The van der Waals surface area contributed by atoms with Crippen molar-refractivity contribution in [3.8, 4) is 0 Å². The lowest BCUT2D eigenvalue weighted by Crippen LogP contribution is -2.38. The quantitative estimate of drug-likeness (QED) is 0.805. The molecule has 1 aromatic carbocycles. The van der Waals surface area contributed by atoms with Crippen LogP contribution in [0.3, 0.4) is 0 Å². The van der Waals surface area contributed by atoms with Crippen LogP contribution in [0.5, 0.6) is 0 Å². The number of nitrogens with one attached hydrogen (secondary N) is 2. The van der Waals surface area contributed by atoms with Crippen LogP contribution in [-0.4, -0.2) is 31.1 Å². The molecule has 5 nitrogen and oxygen atoms in total. The molecule has 0 radical (unpaired) electrons. The van der Waals surface area contributed by atoms with Crippen molar-refractivity contribution in [3.63, 3.8) is 0 Å². The molecular weight excluding hydrogens is 256 g/mol. The zero-order chi connectivity index (χ0) is 13.0. The van der Waals surface area contributed by atoms with Gasteiger partial charge in [0.2, 0.25) is 5.91 Å². The van der Waals surface area contributed by atoms with Crippen LogP contribution < -0.4 is 10.6 Å². The van der Waals surface area contributed by atoms with Crippen LogP contribution in [0.15, 0.2) is 24.3 Å². The van der Waals surface area contributed by atoms with Crippen molar-refractivity contribution in [1.82, 2.24) is 5.32 Å². The number of carbonyl (C=O) groups is 2. The zero-order valence-electron chi connectivity index (χ0n) is 9.61. The molecule has 0 aliphatic carbocycles. The lowest BCUT2D eigenvalue weighted by Gasteiger charge is -2.10. The van der Waals surface area contributed by atoms with Crippen LogP contribution in [0, 0.1) is 0 Å². The van der Waals surface area contributed by atoms with E-state index in [0.717, 1.165) is 0 Å². The number of anilines is 1. The predicted octanol–water partition coefficient (Wildman–Crippen LogP) is 1.18. The molecule has 0 spiro atoms. The largest absolute Gasteiger partial charge is 0.464 e. The molecule has 1 aliphatic rings. The van der Waals surface area contributed by atoms with Crippen LogP contribution in [0.1, 0.15) is 6.42 Å². The van der Waals surface area contributed by atoms with Crippen LogP contribution in [0.2, 0.25) is 5.02 Å². The number of amides is 1. The number of para-hydroxylation sites is 1. The molecule has 96 valence electrons. The van der Waals surface area contributed by atoms with E-state index in [1.165, 1.54) is 0 Å². The van der Waals surface area contributed by atoms with Gasteiger partial charge in [0.15, 0.2) is 0 Å². The molecular formula is C12H13ClN2O3. The predicted molar refractivity (Wildman–Crippen MR) is 67.4 cm³/mol. The number of carbonyl (C=O) groups excluding carboxylic acids is 2. The second kappa shape index (κ2) is 5.84. The van der Waals surface area contributed by atoms with Crippen molar-refractivity contribution in [2.75, 3.05) is 18.5 Å². The first kappa shape index (κ1) is 12.9. The van der Waals surface area contributed by atoms with Crippen molar-refractivity contribution < 1.29 is 14.3 Å². The summed E-state index contributed by atoms with van der Waals surface area (Å²) in [6.07, 6.45) is 0.595. The molecule has 1 fully saturated rings. The Labute approximate surface area is 109 Å². The number of esters is 1. The first-order valence-electron chi connectivity index (χ1n) is 5.61. The smallest absolute Gasteiger partial charge is 0.323 e. The van der Waals surface area contributed by atoms with Gasteiger partial charge in [-0.25, -0.2) is 0 Å². The number of rotatable bonds is 4. The minimum Gasteiger partial charge on any atom is -0.464 e. The van der Waals surface area contributed by atoms with Crippen LogP contribution in [-0.2, 0) is 14.3 Å². The van der Waals surface area contributed by atoms with E-state index >= 15 is 0 Å². The van der Waals surface area contributed by atoms with E-state index in [0.29, 0.717) is 23.7 Å². The highest BCUT2D eigenvalue weighted by Gasteiger charge is 2.26. The van der Waals surface area contributed by atoms with Gasteiger partial charge in [-0.3, -0.25) is 14.9 Å². The summed E-state index contributed by atoms with van der Waals surface area (Å²) in [6, 6.07) is 6.58. The van der Waals surface area contributed by atoms with E-state index in [2.05, 4.69) is 10.6 Å². The number of ether oxygens (including phenoxy) is 1. The summed E-state index contributed by atoms with van der Waals surface area (Å²) in [7, 11) is 0. The Balaban J connectivity index is 1.82. The fourth-order valence-electron chi connectivity index (χ4n) is 1.65. The molecule has 1 amide bonds. The topological polar surface area (TPSA) is 67.4 Å². The van der Waals surface area contributed by atoms with Gasteiger partial charge in [-0.05, 0) is 12.1 Å². The lowest BCUT2D eigenvalue weighted by atomic mass is 10.2. The lowest BCUT2D eigenvalue weighted by molar-refractivity contribution is -0.139. The minimum atomic E-state index is -0.387. The molecule has 0 aromatic heterocycles. The summed E-state index contributed by atoms with van der Waals surface area (Å²) >= 11 is 5.91. The van der Waals surface area contributed by atoms with E-state index < -0.39 is 0 Å². The number of halogens is 1. The maximum atomic E-state index is 11.6. The van der Waals surface area contributed by atoms with E-state index in [9.17, 15) is 9.59 Å². The van der Waals surface area contributed by atoms with Crippen molar-refractivity contribution in [1.29, 1.82) is 0 Å². The first-order chi connectivity index (χ1) is 8.66. The number of benzene rings is 1. The Bertz CT molecular complexity index is 464. The Morgan fingerprint density at radius 3 is 2.89 bits per heavy atom. The summed E-state index contributed by atoms with van der Waals surface area (Å²) in [6.45, 7) is 0.452. The summed E-state index contributed by atoms with van der Waals surface area (Å²) in [5, 5.41) is 5.98. The third kappa shape index (κ3) is 3.21. The molecule has 0 saturated carbocycles. The van der Waals surface area contributed by atoms with Gasteiger partial charge >= 0.3 is 5.97 Å². The minimum absolute atomic E-state index is 0.0466. The van der Waals surface area contributed by atoms with E-state index in [4.69, 9.17) is 16.3 Å². The van der Waals surface area contributed by atoms with Gasteiger partial charge < -0.3 is 10.1 Å². The Morgan fingerprint density at radius 1 is 1.44 bits per heavy atom. The summed E-state index contributed by atoms with van der Waals surface area (Å²) in [5.74, 6) is -0.552. The van der Waals surface area contributed by atoms with Gasteiger partial charge in [0, 0.05) is 6.42 Å². The van der Waals surface area contributed by atoms with E-state index in [-0.39, 0.29) is 24.5 Å². The van der Waals surface area contributed by atoms with Gasteiger partial charge in [-0.1, -0.05) is 23.7 Å². The fraction of sp³-hybridized carbons (Fsp3) is 0.333. The van der Waals surface area contributed by atoms with Gasteiger partial charge in [-0.2, -0.15) is 0 Å². The van der Waals surface area contributed by atoms with Crippen molar-refractivity contribution >= 4 is 29.2 Å². The summed E-state index contributed by atoms with van der Waals surface area (Å²) in [4.78, 5) is 22.8. The third-order valence-electron chi connectivity index (χ3n) is 2.59. The second-order valence-electron chi connectivity index (χ2n) is 3.92. The van der Waals surface area contributed by atoms with Crippen LogP contribution in [0.4, 0.5) is 5.69 Å².